The summed E-state index contributed by atoms with van der Waals surface area (Å²) in [4.78, 5) is 0. The molecule has 0 heterocycles. The van der Waals surface area contributed by atoms with E-state index in [1.807, 2.05) is 0 Å². The van der Waals surface area contributed by atoms with Crippen molar-refractivity contribution in [2.45, 2.75) is 25.9 Å². The first kappa shape index (κ1) is 7.08. The highest BCUT2D eigenvalue weighted by Gasteiger charge is 2.25. The van der Waals surface area contributed by atoms with E-state index in [1.165, 1.54) is 0 Å². The highest BCUT2D eigenvalue weighted by Crippen LogP contribution is 2.13. The molecule has 0 aliphatic heterocycles. The molecular formula is C4H10F2Si. The van der Waals surface area contributed by atoms with Crippen molar-refractivity contribution in [3.05, 3.63) is 0 Å². The lowest BCUT2D eigenvalue weighted by Gasteiger charge is -2.00. The molecule has 3 heteroatoms. The number of hydrogen-bond donors (Lipinski definition) is 0. The first-order valence-corrected chi connectivity index (χ1v) is 4.90. The lowest BCUT2D eigenvalue weighted by Crippen LogP contribution is -2.14. The Balaban J connectivity index is 3.15. The molecule has 0 unspecified atom stereocenters. The van der Waals surface area contributed by atoms with Crippen molar-refractivity contribution in [2.75, 3.05) is 0 Å². The van der Waals surface area contributed by atoms with Crippen LogP contribution in [0.5, 0.6) is 0 Å². The largest absolute Gasteiger partial charge is 0.422 e. The second kappa shape index (κ2) is 2.40. The first-order chi connectivity index (χ1) is 3.06. The van der Waals surface area contributed by atoms with Gasteiger partial charge in [0.25, 0.3) is 0 Å². The van der Waals surface area contributed by atoms with Crippen LogP contribution in [-0.2, 0) is 0 Å². The second-order valence-electron chi connectivity index (χ2n) is 1.82. The van der Waals surface area contributed by atoms with E-state index in [0.29, 0.717) is 6.42 Å². The SMILES string of the molecule is CCC[Si](C)(F)F. The van der Waals surface area contributed by atoms with Gasteiger partial charge in [-0.3, -0.25) is 8.22 Å². The van der Waals surface area contributed by atoms with Gasteiger partial charge in [-0.05, 0) is 12.6 Å². The number of hydrogen-bond acceptors (Lipinski definition) is 0. The first-order valence-electron chi connectivity index (χ1n) is 2.44. The molecule has 0 aliphatic carbocycles. The fourth-order valence-corrected chi connectivity index (χ4v) is 1.32. The maximum absolute atomic E-state index is 11.9. The Morgan fingerprint density at radius 3 is 1.86 bits per heavy atom. The van der Waals surface area contributed by atoms with Crippen LogP contribution in [0.1, 0.15) is 13.3 Å². The van der Waals surface area contributed by atoms with Gasteiger partial charge in [0.1, 0.15) is 0 Å². The molecule has 0 N–H and O–H groups in total. The van der Waals surface area contributed by atoms with Gasteiger partial charge in [0.15, 0.2) is 0 Å². The predicted molar refractivity (Wildman–Crippen MR) is 28.9 cm³/mol. The van der Waals surface area contributed by atoms with Gasteiger partial charge in [0.2, 0.25) is 0 Å². The molecule has 0 radical (unpaired) electrons. The molecule has 7 heavy (non-hydrogen) atoms. The Labute approximate surface area is 43.9 Å². The Morgan fingerprint density at radius 2 is 1.86 bits per heavy atom. The summed E-state index contributed by atoms with van der Waals surface area (Å²) in [5.41, 5.74) is 0. The highest BCUT2D eigenvalue weighted by atomic mass is 28.4. The van der Waals surface area contributed by atoms with Crippen molar-refractivity contribution in [3.8, 4) is 0 Å². The zero-order valence-electron chi connectivity index (χ0n) is 4.67. The summed E-state index contributed by atoms with van der Waals surface area (Å²) in [6.07, 6.45) is 0.621. The lowest BCUT2D eigenvalue weighted by atomic mass is 10.6. The molecule has 0 saturated heterocycles. The summed E-state index contributed by atoms with van der Waals surface area (Å²) in [6.45, 7) is 2.86. The minimum atomic E-state index is -3.66. The summed E-state index contributed by atoms with van der Waals surface area (Å²) < 4.78 is 23.7. The second-order valence-corrected chi connectivity index (χ2v) is 4.46. The van der Waals surface area contributed by atoms with Crippen molar-refractivity contribution in [1.82, 2.24) is 0 Å². The highest BCUT2D eigenvalue weighted by molar-refractivity contribution is 6.64. The summed E-state index contributed by atoms with van der Waals surface area (Å²) >= 11 is 0. The topological polar surface area (TPSA) is 0 Å². The van der Waals surface area contributed by atoms with Gasteiger partial charge in [-0.15, -0.1) is 0 Å². The van der Waals surface area contributed by atoms with Gasteiger partial charge in [-0.1, -0.05) is 13.3 Å². The monoisotopic (exact) mass is 124 g/mol. The molecule has 44 valence electrons. The van der Waals surface area contributed by atoms with Crippen LogP contribution >= 0.6 is 0 Å². The average molecular weight is 124 g/mol. The van der Waals surface area contributed by atoms with E-state index in [2.05, 4.69) is 0 Å². The maximum Gasteiger partial charge on any atom is 0.422 e. The summed E-state index contributed by atoms with van der Waals surface area (Å²) in [5.74, 6) is 0. The van der Waals surface area contributed by atoms with Gasteiger partial charge < -0.3 is 0 Å². The summed E-state index contributed by atoms with van der Waals surface area (Å²) in [6, 6.07) is 0.146. The van der Waals surface area contributed by atoms with E-state index in [0.717, 1.165) is 6.55 Å². The van der Waals surface area contributed by atoms with Gasteiger partial charge in [-0.25, -0.2) is 0 Å². The van der Waals surface area contributed by atoms with Crippen molar-refractivity contribution < 1.29 is 8.22 Å². The average Bonchev–Trinajstić information content (AvgIpc) is 1.30. The van der Waals surface area contributed by atoms with Crippen LogP contribution in [0.2, 0.25) is 12.6 Å². The van der Waals surface area contributed by atoms with Gasteiger partial charge in [0.05, 0.1) is 0 Å². The van der Waals surface area contributed by atoms with Crippen LogP contribution < -0.4 is 0 Å². The molecule has 0 fully saturated rings. The molecule has 0 rings (SSSR count). The third-order valence-corrected chi connectivity index (χ3v) is 2.07. The summed E-state index contributed by atoms with van der Waals surface area (Å²) in [7, 11) is -3.66. The van der Waals surface area contributed by atoms with E-state index in [4.69, 9.17) is 0 Å². The molecule has 0 aromatic rings. The van der Waals surface area contributed by atoms with E-state index >= 15 is 0 Å². The van der Waals surface area contributed by atoms with Crippen LogP contribution in [0.3, 0.4) is 0 Å². The van der Waals surface area contributed by atoms with Crippen LogP contribution in [0.4, 0.5) is 8.22 Å². The van der Waals surface area contributed by atoms with Crippen LogP contribution in [0, 0.1) is 0 Å². The van der Waals surface area contributed by atoms with Crippen molar-refractivity contribution in [2.24, 2.45) is 0 Å². The Hall–Kier alpha value is 0.0769. The smallest absolute Gasteiger partial charge is 0.271 e. The molecule has 0 amide bonds. The van der Waals surface area contributed by atoms with Crippen LogP contribution in [-0.4, -0.2) is 8.74 Å². The van der Waals surface area contributed by atoms with E-state index in [1.54, 1.807) is 6.92 Å². The molecule has 0 saturated carbocycles. The maximum atomic E-state index is 11.9. The van der Waals surface area contributed by atoms with E-state index in [9.17, 15) is 8.22 Å². The Kier molecular flexibility index (Phi) is 2.43. The lowest BCUT2D eigenvalue weighted by molar-refractivity contribution is 0.602. The van der Waals surface area contributed by atoms with Crippen molar-refractivity contribution in [1.29, 1.82) is 0 Å². The van der Waals surface area contributed by atoms with Crippen molar-refractivity contribution >= 4 is 8.74 Å². The van der Waals surface area contributed by atoms with Gasteiger partial charge in [0, 0.05) is 0 Å². The fourth-order valence-electron chi connectivity index (χ4n) is 0.439. The quantitative estimate of drug-likeness (QED) is 0.391. The molecule has 0 nitrogen and oxygen atoms in total. The standard InChI is InChI=1S/C4H10F2Si/c1-3-4-7(2,5)6/h3-4H2,1-2H3. The molecule has 0 aliphatic rings. The zero-order valence-corrected chi connectivity index (χ0v) is 5.67. The molecule has 0 bridgehead atoms. The van der Waals surface area contributed by atoms with E-state index in [-0.39, 0.29) is 6.04 Å². The van der Waals surface area contributed by atoms with Gasteiger partial charge in [-0.2, -0.15) is 0 Å². The zero-order chi connectivity index (χ0) is 5.91. The van der Waals surface area contributed by atoms with Crippen LogP contribution in [0.25, 0.3) is 0 Å². The third kappa shape index (κ3) is 6.08. The normalized spacial score (nSPS) is 12.0. The predicted octanol–water partition coefficient (Wildman–Crippen LogP) is 2.41. The van der Waals surface area contributed by atoms with Crippen LogP contribution in [0.15, 0.2) is 0 Å². The molecule has 0 aromatic carbocycles. The number of rotatable bonds is 2. The Bertz CT molecular complexity index is 48.1. The van der Waals surface area contributed by atoms with Gasteiger partial charge >= 0.3 is 8.74 Å². The minimum absolute atomic E-state index is 0.146. The third-order valence-electron chi connectivity index (χ3n) is 0.689. The van der Waals surface area contributed by atoms with Crippen molar-refractivity contribution in [3.63, 3.8) is 0 Å². The minimum Gasteiger partial charge on any atom is -0.271 e. The fraction of sp³-hybridized carbons (Fsp3) is 1.00. The Morgan fingerprint density at radius 1 is 1.43 bits per heavy atom. The molecule has 0 aromatic heterocycles. The number of halogens is 2. The molecule has 0 spiro atoms. The molecule has 0 atom stereocenters. The van der Waals surface area contributed by atoms with E-state index < -0.39 is 8.74 Å². The molecular weight excluding hydrogens is 114 g/mol. The summed E-state index contributed by atoms with van der Waals surface area (Å²) in [5, 5.41) is 0.